The van der Waals surface area contributed by atoms with Crippen LogP contribution in [0.2, 0.25) is 0 Å². The van der Waals surface area contributed by atoms with Crippen LogP contribution in [0.15, 0.2) is 21.2 Å². The van der Waals surface area contributed by atoms with Crippen molar-refractivity contribution in [2.45, 2.75) is 45.6 Å². The van der Waals surface area contributed by atoms with Crippen molar-refractivity contribution in [1.82, 2.24) is 9.88 Å². The second-order valence-corrected chi connectivity index (χ2v) is 7.45. The Hall–Kier alpha value is -1.73. The average Bonchev–Trinajstić information content (AvgIpc) is 2.95. The third-order valence-corrected chi connectivity index (χ3v) is 5.24. The van der Waals surface area contributed by atoms with E-state index in [0.717, 1.165) is 25.7 Å². The van der Waals surface area contributed by atoms with Gasteiger partial charge in [-0.2, -0.15) is 0 Å². The molecule has 2 aromatic rings. The van der Waals surface area contributed by atoms with Crippen molar-refractivity contribution < 1.29 is 14.0 Å². The molecule has 6 nitrogen and oxygen atoms in total. The number of carbonyl (C=O) groups is 2. The van der Waals surface area contributed by atoms with Gasteiger partial charge in [-0.25, -0.2) is 4.98 Å². The molecule has 26 heavy (non-hydrogen) atoms. The van der Waals surface area contributed by atoms with Crippen LogP contribution in [0.4, 0.5) is 5.69 Å². The van der Waals surface area contributed by atoms with Crippen molar-refractivity contribution in [1.29, 1.82) is 0 Å². The van der Waals surface area contributed by atoms with E-state index in [1.807, 2.05) is 6.92 Å². The van der Waals surface area contributed by atoms with Crippen molar-refractivity contribution in [2.24, 2.45) is 5.92 Å². The van der Waals surface area contributed by atoms with E-state index in [4.69, 9.17) is 4.42 Å². The Bertz CT molecular complexity index is 773. The molecule has 0 aliphatic rings. The maximum Gasteiger partial charge on any atom is 0.227 e. The number of rotatable bonds is 9. The predicted octanol–water partition coefficient (Wildman–Crippen LogP) is 4.49. The largest absolute Gasteiger partial charge is 0.449 e. The first-order valence-electron chi connectivity index (χ1n) is 8.92. The average molecular weight is 424 g/mol. The number of hydrogen-bond acceptors (Lipinski definition) is 5. The van der Waals surface area contributed by atoms with Crippen LogP contribution in [0.5, 0.6) is 0 Å². The minimum absolute atomic E-state index is 0.0912. The summed E-state index contributed by atoms with van der Waals surface area (Å²) in [6, 6.07) is 3.90. The molecule has 142 valence electrons. The lowest BCUT2D eigenvalue weighted by Gasteiger charge is -2.24. The van der Waals surface area contributed by atoms with Crippen LogP contribution < -0.4 is 5.32 Å². The maximum absolute atomic E-state index is 12.8. The molecule has 0 aliphatic carbocycles. The number of aldehydes is 1. The summed E-state index contributed by atoms with van der Waals surface area (Å²) in [4.78, 5) is 30.7. The van der Waals surface area contributed by atoms with Gasteiger partial charge in [0.2, 0.25) is 5.91 Å². The Kier molecular flexibility index (Phi) is 7.34. The first-order valence-corrected chi connectivity index (χ1v) is 9.72. The van der Waals surface area contributed by atoms with Crippen molar-refractivity contribution >= 4 is 44.9 Å². The van der Waals surface area contributed by atoms with E-state index in [1.165, 1.54) is 0 Å². The summed E-state index contributed by atoms with van der Waals surface area (Å²) in [6.45, 7) is 4.16. The van der Waals surface area contributed by atoms with Gasteiger partial charge in [0.25, 0.3) is 0 Å². The van der Waals surface area contributed by atoms with Crippen molar-refractivity contribution in [3.63, 3.8) is 0 Å². The minimum atomic E-state index is -0.124. The highest BCUT2D eigenvalue weighted by atomic mass is 79.9. The van der Waals surface area contributed by atoms with Crippen molar-refractivity contribution in [3.05, 3.63) is 22.5 Å². The number of fused-ring (bicyclic) bond motifs is 1. The lowest BCUT2D eigenvalue weighted by Crippen LogP contribution is -2.30. The predicted molar refractivity (Wildman–Crippen MR) is 107 cm³/mol. The quantitative estimate of drug-likeness (QED) is 0.474. The van der Waals surface area contributed by atoms with Crippen molar-refractivity contribution in [2.75, 3.05) is 19.4 Å². The third kappa shape index (κ3) is 4.71. The molecule has 0 bridgehead atoms. The Balaban J connectivity index is 2.18. The molecule has 0 saturated carbocycles. The van der Waals surface area contributed by atoms with E-state index < -0.39 is 0 Å². The molecule has 7 heteroatoms. The normalized spacial score (nSPS) is 13.8. The lowest BCUT2D eigenvalue weighted by molar-refractivity contribution is -0.120. The van der Waals surface area contributed by atoms with E-state index in [9.17, 15) is 9.59 Å². The van der Waals surface area contributed by atoms with Crippen LogP contribution in [-0.4, -0.2) is 42.2 Å². The number of amides is 1. The van der Waals surface area contributed by atoms with Crippen LogP contribution in [0.25, 0.3) is 11.1 Å². The smallest absolute Gasteiger partial charge is 0.227 e. The van der Waals surface area contributed by atoms with Gasteiger partial charge in [-0.15, -0.1) is 0 Å². The molecule has 1 N–H and O–H groups in total. The second kappa shape index (κ2) is 9.28. The van der Waals surface area contributed by atoms with Crippen LogP contribution in [0, 0.1) is 5.92 Å². The highest BCUT2D eigenvalue weighted by molar-refractivity contribution is 9.10. The number of halogens is 1. The molecule has 2 heterocycles. The first kappa shape index (κ1) is 20.6. The summed E-state index contributed by atoms with van der Waals surface area (Å²) in [7, 11) is 4.12. The van der Waals surface area contributed by atoms with Gasteiger partial charge in [0, 0.05) is 12.0 Å². The molecule has 0 aromatic carbocycles. The fourth-order valence-electron chi connectivity index (χ4n) is 3.14. The zero-order valence-electron chi connectivity index (χ0n) is 15.7. The van der Waals surface area contributed by atoms with Gasteiger partial charge in [-0.3, -0.25) is 9.59 Å². The van der Waals surface area contributed by atoms with Gasteiger partial charge in [0.15, 0.2) is 17.6 Å². The number of nitrogens with one attached hydrogen (secondary N) is 1. The van der Waals surface area contributed by atoms with Gasteiger partial charge in [0.1, 0.15) is 15.8 Å². The summed E-state index contributed by atoms with van der Waals surface area (Å²) in [5, 5.41) is 2.87. The SMILES string of the molecule is CCC(CC[C@@H](CC)C(=O)Nc1c(C=O)oc2ccc(Br)nc12)N(C)C. The van der Waals surface area contributed by atoms with E-state index in [-0.39, 0.29) is 17.6 Å². The number of aromatic nitrogens is 1. The van der Waals surface area contributed by atoms with E-state index in [2.05, 4.69) is 52.1 Å². The number of carbonyl (C=O) groups excluding carboxylic acids is 2. The van der Waals surface area contributed by atoms with Crippen LogP contribution in [-0.2, 0) is 4.79 Å². The topological polar surface area (TPSA) is 75.4 Å². The Labute approximate surface area is 162 Å². The monoisotopic (exact) mass is 423 g/mol. The highest BCUT2D eigenvalue weighted by Crippen LogP contribution is 2.30. The van der Waals surface area contributed by atoms with Crippen LogP contribution >= 0.6 is 15.9 Å². The zero-order valence-corrected chi connectivity index (χ0v) is 17.3. The minimum Gasteiger partial charge on any atom is -0.449 e. The Morgan fingerprint density at radius 1 is 1.31 bits per heavy atom. The molecular weight excluding hydrogens is 398 g/mol. The highest BCUT2D eigenvalue weighted by Gasteiger charge is 2.23. The van der Waals surface area contributed by atoms with Crippen molar-refractivity contribution in [3.8, 4) is 0 Å². The number of furan rings is 1. The number of nitrogens with zero attached hydrogens (tertiary/aromatic N) is 2. The van der Waals surface area contributed by atoms with Gasteiger partial charge < -0.3 is 14.6 Å². The number of anilines is 1. The molecule has 1 unspecified atom stereocenters. The number of pyridine rings is 1. The molecule has 0 radical (unpaired) electrons. The third-order valence-electron chi connectivity index (χ3n) is 4.80. The fraction of sp³-hybridized carbons (Fsp3) is 0.526. The zero-order chi connectivity index (χ0) is 19.3. The van der Waals surface area contributed by atoms with Crippen LogP contribution in [0.3, 0.4) is 0 Å². The number of hydrogen-bond donors (Lipinski definition) is 1. The summed E-state index contributed by atoms with van der Waals surface area (Å²) in [5.41, 5.74) is 1.29. The van der Waals surface area contributed by atoms with Gasteiger partial charge in [0.05, 0.1) is 0 Å². The molecule has 1 amide bonds. The lowest BCUT2D eigenvalue weighted by atomic mass is 9.95. The molecular formula is C19H26BrN3O3. The van der Waals surface area contributed by atoms with Gasteiger partial charge >= 0.3 is 0 Å². The Morgan fingerprint density at radius 3 is 2.62 bits per heavy atom. The fourth-order valence-corrected chi connectivity index (χ4v) is 3.45. The molecule has 2 atom stereocenters. The molecule has 0 spiro atoms. The molecule has 0 aliphatic heterocycles. The van der Waals surface area contributed by atoms with Gasteiger partial charge in [-0.1, -0.05) is 13.8 Å². The van der Waals surface area contributed by atoms with Crippen LogP contribution in [0.1, 0.15) is 50.1 Å². The molecule has 0 fully saturated rings. The van der Waals surface area contributed by atoms with E-state index in [0.29, 0.717) is 33.7 Å². The summed E-state index contributed by atoms with van der Waals surface area (Å²) >= 11 is 3.31. The molecule has 2 rings (SSSR count). The first-order chi connectivity index (χ1) is 12.4. The summed E-state index contributed by atoms with van der Waals surface area (Å²) < 4.78 is 6.11. The summed E-state index contributed by atoms with van der Waals surface area (Å²) in [6.07, 6.45) is 4.13. The standard InChI is InChI=1S/C19H26BrN3O3/c1-5-12(7-8-13(6-2)23(3)4)19(25)22-18-15(11-24)26-14-9-10-16(20)21-17(14)18/h9-13H,5-8H2,1-4H3,(H,22,25)/t12-,13?/m1/s1. The van der Waals surface area contributed by atoms with E-state index >= 15 is 0 Å². The Morgan fingerprint density at radius 2 is 2.04 bits per heavy atom. The molecule has 0 saturated heterocycles. The molecule has 2 aromatic heterocycles. The second-order valence-electron chi connectivity index (χ2n) is 6.64. The van der Waals surface area contributed by atoms with E-state index in [1.54, 1.807) is 12.1 Å². The maximum atomic E-state index is 12.8. The summed E-state index contributed by atoms with van der Waals surface area (Å²) in [5.74, 6) is -0.136. The van der Waals surface area contributed by atoms with Gasteiger partial charge in [-0.05, 0) is 67.8 Å².